The van der Waals surface area contributed by atoms with E-state index >= 15 is 0 Å². The summed E-state index contributed by atoms with van der Waals surface area (Å²) in [5.74, 6) is -1.32. The van der Waals surface area contributed by atoms with E-state index in [9.17, 15) is 22.8 Å². The first-order chi connectivity index (χ1) is 14.3. The third-order valence-corrected chi connectivity index (χ3v) is 4.33. The Kier molecular flexibility index (Phi) is 6.55. The van der Waals surface area contributed by atoms with Crippen LogP contribution in [0.3, 0.4) is 0 Å². The second-order valence-electron chi connectivity index (χ2n) is 6.25. The molecule has 1 unspecified atom stereocenters. The van der Waals surface area contributed by atoms with Crippen molar-refractivity contribution in [2.45, 2.75) is 25.6 Å². The van der Waals surface area contributed by atoms with Gasteiger partial charge in [0.05, 0.1) is 0 Å². The molecule has 0 aliphatic heterocycles. The average Bonchev–Trinajstić information content (AvgIpc) is 2.69. The highest BCUT2D eigenvalue weighted by atomic mass is 19.3. The number of hydrogen-bond acceptors (Lipinski definition) is 5. The van der Waals surface area contributed by atoms with Gasteiger partial charge in [-0.25, -0.2) is 4.98 Å². The second kappa shape index (κ2) is 9.29. The van der Waals surface area contributed by atoms with Crippen molar-refractivity contribution in [3.63, 3.8) is 0 Å². The number of rotatable bonds is 8. The smallest absolute Gasteiger partial charge is 0.387 e. The number of nitrogens with two attached hydrogens (primary N) is 1. The molecule has 0 aliphatic carbocycles. The summed E-state index contributed by atoms with van der Waals surface area (Å²) in [6, 6.07) is 11.9. The van der Waals surface area contributed by atoms with Gasteiger partial charge in [0.25, 0.3) is 0 Å². The van der Waals surface area contributed by atoms with Gasteiger partial charge in [-0.2, -0.15) is 22.3 Å². The highest BCUT2D eigenvalue weighted by Crippen LogP contribution is 2.36. The molecule has 0 amide bonds. The third-order valence-electron chi connectivity index (χ3n) is 4.33. The van der Waals surface area contributed by atoms with Crippen LogP contribution < -0.4 is 19.9 Å². The van der Waals surface area contributed by atoms with Gasteiger partial charge in [0.2, 0.25) is 0 Å². The van der Waals surface area contributed by atoms with Gasteiger partial charge in [0, 0.05) is 30.7 Å². The van der Waals surface area contributed by atoms with Crippen molar-refractivity contribution in [1.82, 2.24) is 4.98 Å². The van der Waals surface area contributed by atoms with Gasteiger partial charge in [0.15, 0.2) is 23.4 Å². The molecule has 0 spiro atoms. The Labute approximate surface area is 169 Å². The molecule has 2 aromatic heterocycles. The van der Waals surface area contributed by atoms with Crippen LogP contribution in [0.25, 0.3) is 0 Å². The van der Waals surface area contributed by atoms with E-state index in [1.54, 1.807) is 30.3 Å². The van der Waals surface area contributed by atoms with Crippen molar-refractivity contribution >= 4 is 5.82 Å². The highest BCUT2D eigenvalue weighted by molar-refractivity contribution is 5.47. The predicted molar refractivity (Wildman–Crippen MR) is 99.3 cm³/mol. The van der Waals surface area contributed by atoms with Crippen LogP contribution in [0.4, 0.5) is 23.4 Å². The molecule has 2 heterocycles. The first-order valence-corrected chi connectivity index (χ1v) is 8.75. The Bertz CT molecular complexity index is 987. The molecule has 10 heteroatoms. The van der Waals surface area contributed by atoms with E-state index in [2.05, 4.69) is 14.5 Å². The molecule has 3 aromatic rings. The van der Waals surface area contributed by atoms with Gasteiger partial charge in [-0.15, -0.1) is 0 Å². The maximum Gasteiger partial charge on any atom is 0.387 e. The quantitative estimate of drug-likeness (QED) is 0.338. The third kappa shape index (κ3) is 5.28. The molecular weight excluding hydrogens is 406 g/mol. The van der Waals surface area contributed by atoms with Gasteiger partial charge in [-0.1, -0.05) is 18.2 Å². The fourth-order valence-corrected chi connectivity index (χ4v) is 3.00. The van der Waals surface area contributed by atoms with Crippen molar-refractivity contribution in [2.24, 2.45) is 0 Å². The summed E-state index contributed by atoms with van der Waals surface area (Å²) >= 11 is 0. The molecule has 1 atom stereocenters. The topological polar surface area (TPSA) is 84.3 Å². The Balaban J connectivity index is 2.05. The lowest BCUT2D eigenvalue weighted by Gasteiger charge is -2.20. The van der Waals surface area contributed by atoms with Crippen LogP contribution in [-0.2, 0) is 6.42 Å². The lowest BCUT2D eigenvalue weighted by Crippen LogP contribution is -2.32. The number of anilines is 1. The van der Waals surface area contributed by atoms with Crippen molar-refractivity contribution in [1.29, 1.82) is 0 Å². The van der Waals surface area contributed by atoms with E-state index in [0.29, 0.717) is 21.6 Å². The predicted octanol–water partition coefficient (Wildman–Crippen LogP) is 3.87. The first-order valence-electron chi connectivity index (χ1n) is 8.75. The summed E-state index contributed by atoms with van der Waals surface area (Å²) in [5, 5.41) is 12.1. The summed E-state index contributed by atoms with van der Waals surface area (Å²) in [5.41, 5.74) is 7.11. The number of pyridine rings is 2. The van der Waals surface area contributed by atoms with Gasteiger partial charge >= 0.3 is 13.2 Å². The number of nitrogens with zero attached hydrogens (tertiary/aromatic N) is 2. The van der Waals surface area contributed by atoms with Gasteiger partial charge < -0.3 is 20.4 Å². The molecule has 0 saturated carbocycles. The van der Waals surface area contributed by atoms with E-state index in [4.69, 9.17) is 5.73 Å². The van der Waals surface area contributed by atoms with E-state index in [0.717, 1.165) is 6.07 Å². The summed E-state index contributed by atoms with van der Waals surface area (Å²) in [6.07, 6.45) is 3.01. The molecule has 0 saturated heterocycles. The normalized spacial score (nSPS) is 12.2. The fraction of sp³-hybridized carbons (Fsp3) is 0.200. The van der Waals surface area contributed by atoms with E-state index < -0.39 is 30.6 Å². The summed E-state index contributed by atoms with van der Waals surface area (Å²) in [7, 11) is 0. The molecule has 2 N–H and O–H groups in total. The van der Waals surface area contributed by atoms with Crippen molar-refractivity contribution in [3.05, 3.63) is 83.0 Å². The SMILES string of the molecule is Nc1ccc(C(Cc2cccc[n+]2[O-])c2ccc(OC(F)F)c(OC(F)F)c2)cn1. The van der Waals surface area contributed by atoms with Crippen LogP contribution in [0.2, 0.25) is 0 Å². The highest BCUT2D eigenvalue weighted by Gasteiger charge is 2.23. The number of aromatic nitrogens is 2. The second-order valence-corrected chi connectivity index (χ2v) is 6.25. The minimum atomic E-state index is -3.24. The molecule has 1 aromatic carbocycles. The van der Waals surface area contributed by atoms with Crippen molar-refractivity contribution in [2.75, 3.05) is 5.73 Å². The molecule has 0 fully saturated rings. The van der Waals surface area contributed by atoms with Crippen molar-refractivity contribution < 1.29 is 31.8 Å². The maximum atomic E-state index is 12.8. The number of nitrogen functional groups attached to an aromatic ring is 1. The molecular formula is C20H17F4N3O3. The van der Waals surface area contributed by atoms with E-state index in [1.807, 2.05) is 0 Å². The molecule has 30 heavy (non-hydrogen) atoms. The number of ether oxygens (including phenoxy) is 2. The largest absolute Gasteiger partial charge is 0.619 e. The zero-order valence-electron chi connectivity index (χ0n) is 15.4. The molecule has 3 rings (SSSR count). The Hall–Kier alpha value is -3.56. The first kappa shape index (κ1) is 21.2. The Morgan fingerprint density at radius 3 is 2.27 bits per heavy atom. The van der Waals surface area contributed by atoms with Crippen LogP contribution in [0, 0.1) is 5.21 Å². The molecule has 6 nitrogen and oxygen atoms in total. The molecule has 0 aliphatic rings. The summed E-state index contributed by atoms with van der Waals surface area (Å²) in [4.78, 5) is 4.04. The monoisotopic (exact) mass is 423 g/mol. The van der Waals surface area contributed by atoms with Gasteiger partial charge in [-0.05, 0) is 29.3 Å². The minimum Gasteiger partial charge on any atom is -0.619 e. The van der Waals surface area contributed by atoms with Crippen LogP contribution in [0.5, 0.6) is 11.5 Å². The zero-order valence-corrected chi connectivity index (χ0v) is 15.4. The fourth-order valence-electron chi connectivity index (χ4n) is 3.00. The standard InChI is InChI=1S/C20H17F4N3O3/c21-19(22)29-16-6-4-12(9-17(16)30-20(23)24)15(13-5-7-18(25)26-11-13)10-14-3-1-2-8-27(14)28/h1-9,11,15,19-20H,10H2,(H2,25,26). The minimum absolute atomic E-state index is 0.180. The average molecular weight is 423 g/mol. The molecule has 0 bridgehead atoms. The summed E-state index contributed by atoms with van der Waals surface area (Å²) in [6.45, 7) is -6.45. The lowest BCUT2D eigenvalue weighted by atomic mass is 9.88. The summed E-state index contributed by atoms with van der Waals surface area (Å²) < 4.78 is 60.1. The number of benzene rings is 1. The molecule has 0 radical (unpaired) electrons. The number of alkyl halides is 4. The molecule has 158 valence electrons. The Morgan fingerprint density at radius 2 is 1.63 bits per heavy atom. The van der Waals surface area contributed by atoms with Gasteiger partial charge in [-0.3, -0.25) is 0 Å². The Morgan fingerprint density at radius 1 is 0.933 bits per heavy atom. The van der Waals surface area contributed by atoms with Crippen LogP contribution in [0.1, 0.15) is 22.7 Å². The van der Waals surface area contributed by atoms with E-state index in [-0.39, 0.29) is 12.2 Å². The van der Waals surface area contributed by atoms with Crippen LogP contribution in [0.15, 0.2) is 60.9 Å². The van der Waals surface area contributed by atoms with E-state index in [1.165, 1.54) is 24.5 Å². The van der Waals surface area contributed by atoms with Gasteiger partial charge in [0.1, 0.15) is 5.82 Å². The van der Waals surface area contributed by atoms with Crippen LogP contribution >= 0.6 is 0 Å². The van der Waals surface area contributed by atoms with Crippen LogP contribution in [-0.4, -0.2) is 18.2 Å². The number of halogens is 4. The zero-order chi connectivity index (χ0) is 21.7. The maximum absolute atomic E-state index is 12.8. The van der Waals surface area contributed by atoms with Crippen molar-refractivity contribution in [3.8, 4) is 11.5 Å². The lowest BCUT2D eigenvalue weighted by molar-refractivity contribution is -0.614. The number of hydrogen-bond donors (Lipinski definition) is 1.